The maximum Gasteiger partial charge on any atom is 0.341 e. The van der Waals surface area contributed by atoms with Crippen molar-refractivity contribution < 1.29 is 27.8 Å². The minimum Gasteiger partial charge on any atom is -0.462 e. The highest BCUT2D eigenvalue weighted by atomic mass is 19.2. The molecular weight excluding hydrogens is 474 g/mol. The van der Waals surface area contributed by atoms with Crippen LogP contribution in [0.2, 0.25) is 0 Å². The summed E-state index contributed by atoms with van der Waals surface area (Å²) in [5, 5.41) is 0.110. The number of hydrogen-bond acceptors (Lipinski definition) is 6. The molecule has 9 nitrogen and oxygen atoms in total. The Morgan fingerprint density at radius 3 is 2.64 bits per heavy atom. The lowest BCUT2D eigenvalue weighted by Crippen LogP contribution is -2.33. The molecule has 0 aliphatic rings. The standard InChI is InChI=1S/C25H22F2N4O5/c1-3-36-25(34)17-14-16-21(28-20-7-4-5-10-30(20)24(16)33)31(11-6-12-35-2)22(17)29-23(32)15-8-9-18(26)19(27)13-15/h4-5,7-10,13-14H,3,6,11-12H2,1-2H3. The van der Waals surface area contributed by atoms with E-state index in [1.165, 1.54) is 22.1 Å². The molecule has 1 aromatic carbocycles. The molecule has 3 heterocycles. The monoisotopic (exact) mass is 496 g/mol. The number of pyridine rings is 2. The molecule has 0 atom stereocenters. The van der Waals surface area contributed by atoms with Gasteiger partial charge < -0.3 is 14.0 Å². The molecule has 36 heavy (non-hydrogen) atoms. The average Bonchev–Trinajstić information content (AvgIpc) is 2.87. The largest absolute Gasteiger partial charge is 0.462 e. The number of carbonyl (C=O) groups is 2. The first kappa shape index (κ1) is 24.9. The third-order valence-electron chi connectivity index (χ3n) is 5.39. The van der Waals surface area contributed by atoms with Gasteiger partial charge in [0, 0.05) is 32.0 Å². The van der Waals surface area contributed by atoms with E-state index in [4.69, 9.17) is 9.47 Å². The van der Waals surface area contributed by atoms with Gasteiger partial charge in [0.25, 0.3) is 11.5 Å². The van der Waals surface area contributed by atoms with Crippen LogP contribution in [-0.2, 0) is 16.0 Å². The summed E-state index contributed by atoms with van der Waals surface area (Å²) >= 11 is 0. The number of carbonyl (C=O) groups excluding carboxylic acids is 2. The third-order valence-corrected chi connectivity index (χ3v) is 5.39. The fraction of sp³-hybridized carbons (Fsp3) is 0.240. The van der Waals surface area contributed by atoms with Crippen LogP contribution in [0.4, 0.5) is 8.78 Å². The summed E-state index contributed by atoms with van der Waals surface area (Å²) in [5.41, 5.74) is -0.394. The van der Waals surface area contributed by atoms with Gasteiger partial charge in [0.2, 0.25) is 0 Å². The van der Waals surface area contributed by atoms with Gasteiger partial charge in [-0.15, -0.1) is 0 Å². The quantitative estimate of drug-likeness (QED) is 0.221. The Kier molecular flexibility index (Phi) is 7.30. The maximum atomic E-state index is 13.8. The Hall–Kier alpha value is -4.25. The minimum atomic E-state index is -1.21. The molecule has 11 heteroatoms. The molecular formula is C25H22F2N4O5. The fourth-order valence-corrected chi connectivity index (χ4v) is 3.73. The lowest BCUT2D eigenvalue weighted by Gasteiger charge is -2.15. The lowest BCUT2D eigenvalue weighted by atomic mass is 10.2. The molecule has 0 aliphatic carbocycles. The number of rotatable bonds is 7. The molecule has 1 amide bonds. The van der Waals surface area contributed by atoms with Gasteiger partial charge in [0.1, 0.15) is 16.9 Å². The van der Waals surface area contributed by atoms with Crippen molar-refractivity contribution in [1.82, 2.24) is 14.0 Å². The van der Waals surface area contributed by atoms with Gasteiger partial charge in [-0.1, -0.05) is 6.07 Å². The van der Waals surface area contributed by atoms with Crippen molar-refractivity contribution in [3.63, 3.8) is 0 Å². The number of halogens is 2. The zero-order chi connectivity index (χ0) is 25.8. The number of amides is 1. The van der Waals surface area contributed by atoms with Crippen LogP contribution < -0.4 is 11.0 Å². The number of nitrogens with zero attached hydrogens (tertiary/aromatic N) is 4. The predicted octanol–water partition coefficient (Wildman–Crippen LogP) is 2.88. The summed E-state index contributed by atoms with van der Waals surface area (Å²) < 4.78 is 40.2. The molecule has 0 spiro atoms. The second-order valence-electron chi connectivity index (χ2n) is 7.73. The minimum absolute atomic E-state index is 0.0338. The van der Waals surface area contributed by atoms with E-state index in [1.807, 2.05) is 0 Å². The van der Waals surface area contributed by atoms with Crippen molar-refractivity contribution >= 4 is 28.6 Å². The van der Waals surface area contributed by atoms with Gasteiger partial charge >= 0.3 is 5.97 Å². The van der Waals surface area contributed by atoms with Crippen LogP contribution in [0.3, 0.4) is 0 Å². The van der Waals surface area contributed by atoms with Gasteiger partial charge in [-0.3, -0.25) is 14.0 Å². The van der Waals surface area contributed by atoms with E-state index in [0.29, 0.717) is 18.7 Å². The van der Waals surface area contributed by atoms with Crippen molar-refractivity contribution in [2.45, 2.75) is 19.9 Å². The SMILES string of the molecule is CCOC(=O)c1cc2c(=O)n3ccccc3nc2n(CCCOC)c1=NC(=O)c1ccc(F)c(F)c1. The van der Waals surface area contributed by atoms with E-state index < -0.39 is 29.1 Å². The van der Waals surface area contributed by atoms with Crippen molar-refractivity contribution in [2.24, 2.45) is 4.99 Å². The zero-order valence-electron chi connectivity index (χ0n) is 19.5. The summed E-state index contributed by atoms with van der Waals surface area (Å²) in [5.74, 6) is -4.06. The maximum absolute atomic E-state index is 13.8. The highest BCUT2D eigenvalue weighted by Gasteiger charge is 2.20. The van der Waals surface area contributed by atoms with Crippen LogP contribution in [-0.4, -0.2) is 46.2 Å². The van der Waals surface area contributed by atoms with Gasteiger partial charge in [0.15, 0.2) is 17.1 Å². The van der Waals surface area contributed by atoms with Crippen LogP contribution in [0.5, 0.6) is 0 Å². The number of aryl methyl sites for hydroxylation is 1. The molecule has 0 bridgehead atoms. The van der Waals surface area contributed by atoms with Crippen molar-refractivity contribution in [3.05, 3.63) is 87.3 Å². The molecule has 0 N–H and O–H groups in total. The van der Waals surface area contributed by atoms with E-state index in [-0.39, 0.29) is 40.8 Å². The average molecular weight is 496 g/mol. The number of methoxy groups -OCH3 is 1. The van der Waals surface area contributed by atoms with E-state index >= 15 is 0 Å². The van der Waals surface area contributed by atoms with E-state index in [1.54, 1.807) is 31.3 Å². The number of ether oxygens (including phenoxy) is 2. The van der Waals surface area contributed by atoms with E-state index in [9.17, 15) is 23.2 Å². The highest BCUT2D eigenvalue weighted by molar-refractivity contribution is 5.97. The summed E-state index contributed by atoms with van der Waals surface area (Å²) in [6.07, 6.45) is 1.98. The summed E-state index contributed by atoms with van der Waals surface area (Å²) in [4.78, 5) is 47.8. The Morgan fingerprint density at radius 2 is 1.92 bits per heavy atom. The molecule has 186 valence electrons. The fourth-order valence-electron chi connectivity index (χ4n) is 3.73. The Morgan fingerprint density at radius 1 is 1.11 bits per heavy atom. The topological polar surface area (TPSA) is 104 Å². The first-order valence-electron chi connectivity index (χ1n) is 11.1. The van der Waals surface area contributed by atoms with Gasteiger partial charge in [-0.2, -0.15) is 4.99 Å². The van der Waals surface area contributed by atoms with E-state index in [2.05, 4.69) is 9.98 Å². The smallest absolute Gasteiger partial charge is 0.341 e. The summed E-state index contributed by atoms with van der Waals surface area (Å²) in [6.45, 7) is 2.16. The van der Waals surface area contributed by atoms with Crippen LogP contribution in [0, 0.1) is 11.6 Å². The first-order valence-corrected chi connectivity index (χ1v) is 11.1. The van der Waals surface area contributed by atoms with Crippen LogP contribution in [0.15, 0.2) is 58.4 Å². The molecule has 0 saturated heterocycles. The number of aromatic nitrogens is 3. The predicted molar refractivity (Wildman–Crippen MR) is 126 cm³/mol. The molecule has 3 aromatic heterocycles. The van der Waals surface area contributed by atoms with E-state index in [0.717, 1.165) is 18.2 Å². The number of benzene rings is 1. The zero-order valence-corrected chi connectivity index (χ0v) is 19.5. The van der Waals surface area contributed by atoms with Gasteiger partial charge in [-0.25, -0.2) is 18.6 Å². The first-order chi connectivity index (χ1) is 17.3. The van der Waals surface area contributed by atoms with Crippen molar-refractivity contribution in [1.29, 1.82) is 0 Å². The molecule has 0 aliphatic heterocycles. The van der Waals surface area contributed by atoms with Gasteiger partial charge in [0.05, 0.1) is 12.0 Å². The van der Waals surface area contributed by atoms with Gasteiger partial charge in [-0.05, 0) is 49.7 Å². The number of hydrogen-bond donors (Lipinski definition) is 0. The molecule has 4 aromatic rings. The Labute approximate surface area is 203 Å². The summed E-state index contributed by atoms with van der Waals surface area (Å²) in [7, 11) is 1.52. The molecule has 4 rings (SSSR count). The van der Waals surface area contributed by atoms with Crippen molar-refractivity contribution in [3.8, 4) is 0 Å². The second kappa shape index (κ2) is 10.6. The van der Waals surface area contributed by atoms with Crippen LogP contribution in [0.25, 0.3) is 16.7 Å². The molecule has 0 fully saturated rings. The number of esters is 1. The molecule has 0 radical (unpaired) electrons. The van der Waals surface area contributed by atoms with Crippen LogP contribution in [0.1, 0.15) is 34.1 Å². The normalized spacial score (nSPS) is 11.8. The summed E-state index contributed by atoms with van der Waals surface area (Å²) in [6, 6.07) is 8.93. The number of fused-ring (bicyclic) bond motifs is 2. The molecule has 0 unspecified atom stereocenters. The van der Waals surface area contributed by atoms with Crippen LogP contribution >= 0.6 is 0 Å². The Bertz CT molecular complexity index is 1610. The molecule has 0 saturated carbocycles. The lowest BCUT2D eigenvalue weighted by molar-refractivity contribution is 0.0523. The Balaban J connectivity index is 2.08. The third kappa shape index (κ3) is 4.78. The van der Waals surface area contributed by atoms with Crippen molar-refractivity contribution in [2.75, 3.05) is 20.3 Å². The second-order valence-corrected chi connectivity index (χ2v) is 7.73. The highest BCUT2D eigenvalue weighted by Crippen LogP contribution is 2.14.